The molecule has 1 amide bonds. The summed E-state index contributed by atoms with van der Waals surface area (Å²) in [6.07, 6.45) is 4.40. The number of nitrogens with one attached hydrogen (secondary N) is 1. The van der Waals surface area contributed by atoms with Gasteiger partial charge in [-0.05, 0) is 18.6 Å². The summed E-state index contributed by atoms with van der Waals surface area (Å²) >= 11 is 0. The number of rotatable bonds is 8. The van der Waals surface area contributed by atoms with Crippen LogP contribution < -0.4 is 10.1 Å². The van der Waals surface area contributed by atoms with Crippen LogP contribution in [0.5, 0.6) is 5.75 Å². The van der Waals surface area contributed by atoms with Crippen molar-refractivity contribution in [1.82, 2.24) is 10.3 Å². The van der Waals surface area contributed by atoms with Gasteiger partial charge in [0.2, 0.25) is 5.91 Å². The maximum Gasteiger partial charge on any atom is 0.220 e. The van der Waals surface area contributed by atoms with Crippen molar-refractivity contribution in [1.29, 1.82) is 0 Å². The molecule has 0 radical (unpaired) electrons. The minimum absolute atomic E-state index is 0.0173. The number of carbonyl (C=O) groups is 1. The molecule has 1 rings (SSSR count). The van der Waals surface area contributed by atoms with Crippen LogP contribution in [0, 0.1) is 5.41 Å². The van der Waals surface area contributed by atoms with Crippen LogP contribution in [0.1, 0.15) is 26.7 Å². The van der Waals surface area contributed by atoms with Crippen molar-refractivity contribution < 1.29 is 14.6 Å². The van der Waals surface area contributed by atoms with E-state index >= 15 is 0 Å². The van der Waals surface area contributed by atoms with Crippen LogP contribution in [0.25, 0.3) is 0 Å². The Morgan fingerprint density at radius 2 is 2.32 bits per heavy atom. The molecule has 0 saturated heterocycles. The third-order valence-corrected chi connectivity index (χ3v) is 2.64. The van der Waals surface area contributed by atoms with Gasteiger partial charge in [0.25, 0.3) is 0 Å². The lowest BCUT2D eigenvalue weighted by Crippen LogP contribution is -2.36. The molecule has 2 N–H and O–H groups in total. The molecule has 106 valence electrons. The third-order valence-electron chi connectivity index (χ3n) is 2.64. The Balaban J connectivity index is 2.11. The van der Waals surface area contributed by atoms with Gasteiger partial charge in [0.05, 0.1) is 12.8 Å². The zero-order valence-electron chi connectivity index (χ0n) is 11.6. The van der Waals surface area contributed by atoms with Gasteiger partial charge in [0, 0.05) is 31.2 Å². The van der Waals surface area contributed by atoms with Crippen LogP contribution in [0.4, 0.5) is 0 Å². The summed E-state index contributed by atoms with van der Waals surface area (Å²) in [5.41, 5.74) is -0.276. The fourth-order valence-corrected chi connectivity index (χ4v) is 1.34. The largest absolute Gasteiger partial charge is 0.492 e. The van der Waals surface area contributed by atoms with Crippen molar-refractivity contribution in [3.05, 3.63) is 24.5 Å². The van der Waals surface area contributed by atoms with Crippen LogP contribution in [0.2, 0.25) is 0 Å². The van der Waals surface area contributed by atoms with E-state index < -0.39 is 0 Å². The molecule has 0 fully saturated rings. The molecule has 0 aliphatic carbocycles. The lowest BCUT2D eigenvalue weighted by molar-refractivity contribution is -0.121. The normalized spacial score (nSPS) is 11.1. The van der Waals surface area contributed by atoms with Crippen LogP contribution in [0.3, 0.4) is 0 Å². The maximum absolute atomic E-state index is 11.6. The molecule has 0 aromatic carbocycles. The maximum atomic E-state index is 11.6. The fourth-order valence-electron chi connectivity index (χ4n) is 1.34. The van der Waals surface area contributed by atoms with Gasteiger partial charge in [0.1, 0.15) is 5.75 Å². The number of aromatic nitrogens is 1. The van der Waals surface area contributed by atoms with E-state index in [0.717, 1.165) is 0 Å². The van der Waals surface area contributed by atoms with Crippen LogP contribution in [-0.4, -0.2) is 35.8 Å². The van der Waals surface area contributed by atoms with Crippen LogP contribution in [-0.2, 0) is 4.79 Å². The van der Waals surface area contributed by atoms with Gasteiger partial charge in [-0.2, -0.15) is 0 Å². The minimum atomic E-state index is -0.276. The third kappa shape index (κ3) is 6.76. The molecule has 0 bridgehead atoms. The summed E-state index contributed by atoms with van der Waals surface area (Å²) in [6.45, 7) is 4.82. The molecule has 0 saturated carbocycles. The highest BCUT2D eigenvalue weighted by Gasteiger charge is 2.17. The number of carbonyl (C=O) groups excluding carboxylic acids is 1. The van der Waals surface area contributed by atoms with Gasteiger partial charge in [-0.25, -0.2) is 0 Å². The SMILES string of the molecule is CC(C)(CO)CNC(=O)CCCOc1cccnc1. The molecule has 19 heavy (non-hydrogen) atoms. The first-order valence-electron chi connectivity index (χ1n) is 6.44. The first-order chi connectivity index (χ1) is 9.03. The summed E-state index contributed by atoms with van der Waals surface area (Å²) in [5.74, 6) is 0.695. The van der Waals surface area contributed by atoms with Crippen molar-refractivity contribution in [3.63, 3.8) is 0 Å². The van der Waals surface area contributed by atoms with Crippen molar-refractivity contribution in [2.45, 2.75) is 26.7 Å². The lowest BCUT2D eigenvalue weighted by Gasteiger charge is -2.21. The first-order valence-corrected chi connectivity index (χ1v) is 6.44. The molecule has 1 aromatic rings. The zero-order chi connectivity index (χ0) is 14.1. The zero-order valence-corrected chi connectivity index (χ0v) is 11.6. The summed E-state index contributed by atoms with van der Waals surface area (Å²) in [4.78, 5) is 15.5. The Bertz CT molecular complexity index is 380. The van der Waals surface area contributed by atoms with Crippen molar-refractivity contribution in [2.75, 3.05) is 19.8 Å². The fraction of sp³-hybridized carbons (Fsp3) is 0.571. The molecule has 0 aliphatic heterocycles. The Morgan fingerprint density at radius 1 is 1.53 bits per heavy atom. The van der Waals surface area contributed by atoms with E-state index in [1.165, 1.54) is 0 Å². The molecule has 0 unspecified atom stereocenters. The second kappa shape index (κ2) is 7.74. The first kappa shape index (κ1) is 15.4. The Hall–Kier alpha value is -1.62. The highest BCUT2D eigenvalue weighted by Crippen LogP contribution is 2.11. The van der Waals surface area contributed by atoms with E-state index in [-0.39, 0.29) is 17.9 Å². The van der Waals surface area contributed by atoms with Gasteiger partial charge < -0.3 is 15.2 Å². The number of nitrogens with zero attached hydrogens (tertiary/aromatic N) is 1. The number of pyridine rings is 1. The number of aliphatic hydroxyl groups excluding tert-OH is 1. The number of hydrogen-bond acceptors (Lipinski definition) is 4. The van der Waals surface area contributed by atoms with E-state index in [9.17, 15) is 4.79 Å². The highest BCUT2D eigenvalue weighted by molar-refractivity contribution is 5.75. The smallest absolute Gasteiger partial charge is 0.220 e. The molecule has 5 heteroatoms. The molecule has 1 heterocycles. The second-order valence-electron chi connectivity index (χ2n) is 5.24. The van der Waals surface area contributed by atoms with E-state index in [4.69, 9.17) is 9.84 Å². The van der Waals surface area contributed by atoms with E-state index in [2.05, 4.69) is 10.3 Å². The lowest BCUT2D eigenvalue weighted by atomic mass is 9.95. The average Bonchev–Trinajstić information content (AvgIpc) is 2.43. The average molecular weight is 266 g/mol. The van der Waals surface area contributed by atoms with Crippen LogP contribution in [0.15, 0.2) is 24.5 Å². The van der Waals surface area contributed by atoms with Gasteiger partial charge in [-0.15, -0.1) is 0 Å². The van der Waals surface area contributed by atoms with Gasteiger partial charge in [-0.3, -0.25) is 9.78 Å². The van der Waals surface area contributed by atoms with Crippen molar-refractivity contribution in [2.24, 2.45) is 5.41 Å². The van der Waals surface area contributed by atoms with Crippen molar-refractivity contribution in [3.8, 4) is 5.75 Å². The number of hydrogen-bond donors (Lipinski definition) is 2. The van der Waals surface area contributed by atoms with E-state index in [0.29, 0.717) is 31.7 Å². The Kier molecular flexibility index (Phi) is 6.29. The predicted octanol–water partition coefficient (Wildman–Crippen LogP) is 1.38. The summed E-state index contributed by atoms with van der Waals surface area (Å²) < 4.78 is 5.44. The topological polar surface area (TPSA) is 71.5 Å². The van der Waals surface area contributed by atoms with Gasteiger partial charge in [-0.1, -0.05) is 13.8 Å². The molecule has 0 spiro atoms. The van der Waals surface area contributed by atoms with E-state index in [1.807, 2.05) is 19.9 Å². The number of aliphatic hydroxyl groups is 1. The molecular formula is C14H22N2O3. The minimum Gasteiger partial charge on any atom is -0.492 e. The molecule has 5 nitrogen and oxygen atoms in total. The summed E-state index contributed by atoms with van der Waals surface area (Å²) in [6, 6.07) is 3.63. The Labute approximate surface area is 114 Å². The van der Waals surface area contributed by atoms with Gasteiger partial charge >= 0.3 is 0 Å². The van der Waals surface area contributed by atoms with Gasteiger partial charge in [0.15, 0.2) is 0 Å². The molecule has 1 aromatic heterocycles. The predicted molar refractivity (Wildman–Crippen MR) is 72.8 cm³/mol. The van der Waals surface area contributed by atoms with Crippen molar-refractivity contribution >= 4 is 5.91 Å². The quantitative estimate of drug-likeness (QED) is 0.697. The second-order valence-corrected chi connectivity index (χ2v) is 5.24. The molecule has 0 aliphatic rings. The van der Waals surface area contributed by atoms with E-state index in [1.54, 1.807) is 18.5 Å². The summed E-state index contributed by atoms with van der Waals surface area (Å²) in [5, 5.41) is 11.9. The van der Waals surface area contributed by atoms with Crippen LogP contribution >= 0.6 is 0 Å². The Morgan fingerprint density at radius 3 is 2.95 bits per heavy atom. The highest BCUT2D eigenvalue weighted by atomic mass is 16.5. The number of ether oxygens (including phenoxy) is 1. The summed E-state index contributed by atoms with van der Waals surface area (Å²) in [7, 11) is 0. The molecular weight excluding hydrogens is 244 g/mol. The standard InChI is InChI=1S/C14H22N2O3/c1-14(2,11-17)10-16-13(18)6-4-8-19-12-5-3-7-15-9-12/h3,5,7,9,17H,4,6,8,10-11H2,1-2H3,(H,16,18). The monoisotopic (exact) mass is 266 g/mol. The molecule has 0 atom stereocenters. The number of amides is 1.